The molecule has 0 aliphatic rings. The van der Waals surface area contributed by atoms with Crippen molar-refractivity contribution in [2.45, 2.75) is 11.4 Å². The number of aromatic amines is 1. The van der Waals surface area contributed by atoms with E-state index in [1.54, 1.807) is 0 Å². The van der Waals surface area contributed by atoms with E-state index < -0.39 is 16.0 Å². The zero-order chi connectivity index (χ0) is 13.9. The summed E-state index contributed by atoms with van der Waals surface area (Å²) in [5, 5.41) is 14.7. The predicted molar refractivity (Wildman–Crippen MR) is 63.8 cm³/mol. The lowest BCUT2D eigenvalue weighted by Crippen LogP contribution is -2.23. The number of carboxylic acid groups (broad SMARTS) is 1. The second-order valence-corrected chi connectivity index (χ2v) is 5.37. The Kier molecular flexibility index (Phi) is 3.58. The fourth-order valence-corrected chi connectivity index (χ4v) is 2.25. The molecule has 9 heteroatoms. The molecule has 0 aromatic carbocycles. The minimum atomic E-state index is -3.68. The number of nitrogens with one attached hydrogen (secondary N) is 2. The van der Waals surface area contributed by atoms with Gasteiger partial charge in [-0.2, -0.15) is 5.10 Å². The zero-order valence-corrected chi connectivity index (χ0v) is 10.4. The summed E-state index contributed by atoms with van der Waals surface area (Å²) in [5.74, 6) is -1.10. The van der Waals surface area contributed by atoms with E-state index in [2.05, 4.69) is 19.9 Å². The number of hydrogen-bond acceptors (Lipinski definition) is 5. The van der Waals surface area contributed by atoms with Crippen molar-refractivity contribution in [2.24, 2.45) is 0 Å². The molecule has 2 rings (SSSR count). The van der Waals surface area contributed by atoms with Crippen molar-refractivity contribution < 1.29 is 18.3 Å². The molecular weight excluding hydrogens is 272 g/mol. The normalized spacial score (nSPS) is 11.4. The van der Waals surface area contributed by atoms with Gasteiger partial charge >= 0.3 is 5.97 Å². The van der Waals surface area contributed by atoms with Crippen LogP contribution in [0, 0.1) is 0 Å². The third-order valence-corrected chi connectivity index (χ3v) is 3.66. The molecule has 2 aromatic heterocycles. The number of nitrogens with zero attached hydrogens (tertiary/aromatic N) is 2. The van der Waals surface area contributed by atoms with E-state index >= 15 is 0 Å². The number of H-pyrrole nitrogens is 1. The van der Waals surface area contributed by atoms with Gasteiger partial charge in [0.15, 0.2) is 0 Å². The van der Waals surface area contributed by atoms with Crippen LogP contribution in [0.3, 0.4) is 0 Å². The lowest BCUT2D eigenvalue weighted by molar-refractivity contribution is 0.0696. The molecule has 0 aliphatic heterocycles. The van der Waals surface area contributed by atoms with Gasteiger partial charge in [-0.15, -0.1) is 0 Å². The van der Waals surface area contributed by atoms with Gasteiger partial charge in [-0.3, -0.25) is 10.1 Å². The number of hydrogen-bond donors (Lipinski definition) is 3. The first-order chi connectivity index (χ1) is 8.99. The summed E-state index contributed by atoms with van der Waals surface area (Å²) in [6, 6.07) is 2.64. The van der Waals surface area contributed by atoms with Crippen LogP contribution >= 0.6 is 0 Å². The van der Waals surface area contributed by atoms with Crippen LogP contribution in [0.5, 0.6) is 0 Å². The van der Waals surface area contributed by atoms with Crippen molar-refractivity contribution >= 4 is 16.0 Å². The summed E-state index contributed by atoms with van der Waals surface area (Å²) in [7, 11) is -3.68. The first kappa shape index (κ1) is 13.2. The third kappa shape index (κ3) is 3.14. The Labute approximate surface area is 108 Å². The molecule has 3 N–H and O–H groups in total. The van der Waals surface area contributed by atoms with E-state index in [1.165, 1.54) is 30.7 Å². The summed E-state index contributed by atoms with van der Waals surface area (Å²) in [4.78, 5) is 14.7. The highest BCUT2D eigenvalue weighted by atomic mass is 32.2. The molecule has 0 amide bonds. The van der Waals surface area contributed by atoms with Crippen LogP contribution in [0.2, 0.25) is 0 Å². The van der Waals surface area contributed by atoms with E-state index in [1.807, 2.05) is 0 Å². The molecule has 0 spiro atoms. The van der Waals surface area contributed by atoms with Gasteiger partial charge in [0.25, 0.3) is 0 Å². The molecule has 0 unspecified atom stereocenters. The van der Waals surface area contributed by atoms with Crippen molar-refractivity contribution in [2.75, 3.05) is 0 Å². The minimum absolute atomic E-state index is 0.00175. The molecule has 2 heterocycles. The predicted octanol–water partition coefficient (Wildman–Crippen LogP) is -0.0186. The van der Waals surface area contributed by atoms with Crippen LogP contribution in [0.25, 0.3) is 0 Å². The van der Waals surface area contributed by atoms with E-state index in [0.717, 1.165) is 0 Å². The van der Waals surface area contributed by atoms with E-state index in [4.69, 9.17) is 5.11 Å². The molecule has 0 saturated carbocycles. The maximum atomic E-state index is 11.8. The van der Waals surface area contributed by atoms with Crippen LogP contribution in [-0.2, 0) is 16.6 Å². The molecular formula is C10H10N4O4S. The number of carboxylic acids is 1. The average Bonchev–Trinajstić information content (AvgIpc) is 2.91. The molecule has 0 saturated heterocycles. The minimum Gasteiger partial charge on any atom is -0.478 e. The summed E-state index contributed by atoms with van der Waals surface area (Å²) >= 11 is 0. The SMILES string of the molecule is O=C(O)c1ccnc(CNS(=O)(=O)c2cn[nH]c2)c1. The van der Waals surface area contributed by atoms with Gasteiger partial charge in [-0.1, -0.05) is 0 Å². The third-order valence-electron chi connectivity index (χ3n) is 2.29. The Morgan fingerprint density at radius 2 is 2.26 bits per heavy atom. The van der Waals surface area contributed by atoms with E-state index in [9.17, 15) is 13.2 Å². The highest BCUT2D eigenvalue weighted by Gasteiger charge is 2.15. The highest BCUT2D eigenvalue weighted by Crippen LogP contribution is 2.06. The van der Waals surface area contributed by atoms with Crippen LogP contribution in [0.1, 0.15) is 16.1 Å². The van der Waals surface area contributed by atoms with Gasteiger partial charge in [0, 0.05) is 12.4 Å². The quantitative estimate of drug-likeness (QED) is 0.707. The summed E-state index contributed by atoms with van der Waals surface area (Å²) in [6.45, 7) is -0.103. The average molecular weight is 282 g/mol. The molecule has 19 heavy (non-hydrogen) atoms. The number of rotatable bonds is 5. The lowest BCUT2D eigenvalue weighted by atomic mass is 10.2. The van der Waals surface area contributed by atoms with Crippen molar-refractivity contribution in [1.29, 1.82) is 0 Å². The molecule has 8 nitrogen and oxygen atoms in total. The monoisotopic (exact) mass is 282 g/mol. The second kappa shape index (κ2) is 5.16. The van der Waals surface area contributed by atoms with Gasteiger partial charge in [-0.25, -0.2) is 17.9 Å². The first-order valence-corrected chi connectivity index (χ1v) is 6.64. The Morgan fingerprint density at radius 3 is 2.89 bits per heavy atom. The van der Waals surface area contributed by atoms with Crippen molar-refractivity contribution in [1.82, 2.24) is 19.9 Å². The second-order valence-electron chi connectivity index (χ2n) is 3.60. The smallest absolute Gasteiger partial charge is 0.335 e. The summed E-state index contributed by atoms with van der Waals surface area (Å²) < 4.78 is 25.8. The van der Waals surface area contributed by atoms with Gasteiger partial charge in [0.05, 0.1) is 24.0 Å². The number of pyridine rings is 1. The van der Waals surface area contributed by atoms with Gasteiger partial charge in [0.2, 0.25) is 10.0 Å². The zero-order valence-electron chi connectivity index (χ0n) is 9.57. The van der Waals surface area contributed by atoms with Gasteiger partial charge in [0.1, 0.15) is 4.90 Å². The number of sulfonamides is 1. The topological polar surface area (TPSA) is 125 Å². The molecule has 0 aliphatic carbocycles. The van der Waals surface area contributed by atoms with Gasteiger partial charge in [-0.05, 0) is 12.1 Å². The fraction of sp³-hybridized carbons (Fsp3) is 0.100. The summed E-state index contributed by atoms with van der Waals surface area (Å²) in [6.07, 6.45) is 3.72. The van der Waals surface area contributed by atoms with Crippen molar-refractivity contribution in [3.05, 3.63) is 42.0 Å². The lowest BCUT2D eigenvalue weighted by Gasteiger charge is -2.04. The largest absolute Gasteiger partial charge is 0.478 e. The van der Waals surface area contributed by atoms with E-state index in [0.29, 0.717) is 5.69 Å². The molecule has 2 aromatic rings. The maximum absolute atomic E-state index is 11.8. The van der Waals surface area contributed by atoms with E-state index in [-0.39, 0.29) is 17.0 Å². The van der Waals surface area contributed by atoms with Crippen LogP contribution in [-0.4, -0.2) is 34.7 Å². The summed E-state index contributed by atoms with van der Waals surface area (Å²) in [5.41, 5.74) is 0.361. The van der Waals surface area contributed by atoms with Crippen molar-refractivity contribution in [3.63, 3.8) is 0 Å². The number of carbonyl (C=O) groups is 1. The Hall–Kier alpha value is -2.26. The molecule has 0 atom stereocenters. The van der Waals surface area contributed by atoms with Crippen LogP contribution in [0.4, 0.5) is 0 Å². The van der Waals surface area contributed by atoms with Gasteiger partial charge < -0.3 is 5.11 Å². The first-order valence-electron chi connectivity index (χ1n) is 5.16. The highest BCUT2D eigenvalue weighted by molar-refractivity contribution is 7.89. The van der Waals surface area contributed by atoms with Crippen LogP contribution < -0.4 is 4.72 Å². The molecule has 0 radical (unpaired) electrons. The Balaban J connectivity index is 2.11. The number of aromatic nitrogens is 3. The Bertz CT molecular complexity index is 681. The fourth-order valence-electron chi connectivity index (χ4n) is 1.35. The molecule has 0 bridgehead atoms. The maximum Gasteiger partial charge on any atom is 0.335 e. The molecule has 0 fully saturated rings. The number of aromatic carboxylic acids is 1. The van der Waals surface area contributed by atoms with Crippen LogP contribution in [0.15, 0.2) is 35.6 Å². The molecule has 100 valence electrons. The Morgan fingerprint density at radius 1 is 1.47 bits per heavy atom. The van der Waals surface area contributed by atoms with Crippen molar-refractivity contribution in [3.8, 4) is 0 Å². The standard InChI is InChI=1S/C10H10N4O4S/c15-10(16)7-1-2-11-8(3-7)4-14-19(17,18)9-5-12-13-6-9/h1-3,5-6,14H,4H2,(H,12,13)(H,15,16).